The van der Waals surface area contributed by atoms with Crippen molar-refractivity contribution in [3.8, 4) is 0 Å². The van der Waals surface area contributed by atoms with Crippen molar-refractivity contribution in [1.29, 1.82) is 0 Å². The summed E-state index contributed by atoms with van der Waals surface area (Å²) in [4.78, 5) is 27.1. The first kappa shape index (κ1) is 11.3. The summed E-state index contributed by atoms with van der Waals surface area (Å²) >= 11 is 3.28. The van der Waals surface area contributed by atoms with Crippen LogP contribution in [0.3, 0.4) is 0 Å². The van der Waals surface area contributed by atoms with E-state index in [0.29, 0.717) is 0 Å². The zero-order valence-electron chi connectivity index (χ0n) is 9.26. The van der Waals surface area contributed by atoms with Crippen LogP contribution in [0.25, 0.3) is 10.9 Å². The van der Waals surface area contributed by atoms with E-state index in [2.05, 4.69) is 26.2 Å². The van der Waals surface area contributed by atoms with Gasteiger partial charge in [-0.05, 0) is 17.7 Å². The van der Waals surface area contributed by atoms with Gasteiger partial charge in [0.1, 0.15) is 4.83 Å². The number of amides is 2. The van der Waals surface area contributed by atoms with E-state index in [1.54, 1.807) is 6.20 Å². The molecule has 1 saturated heterocycles. The molecule has 0 radical (unpaired) electrons. The van der Waals surface area contributed by atoms with Crippen LogP contribution < -0.4 is 5.32 Å². The first-order valence-electron chi connectivity index (χ1n) is 5.51. The Morgan fingerprint density at radius 1 is 1.11 bits per heavy atom. The quantitative estimate of drug-likeness (QED) is 0.645. The van der Waals surface area contributed by atoms with Crippen molar-refractivity contribution in [2.24, 2.45) is 0 Å². The number of hydrogen-bond donors (Lipinski definition) is 1. The normalized spacial score (nSPS) is 23.4. The molecule has 0 saturated carbocycles. The highest BCUT2D eigenvalue weighted by Crippen LogP contribution is 2.33. The second kappa shape index (κ2) is 4.17. The number of carbonyl (C=O) groups is 2. The minimum atomic E-state index is -0.518. The Kier molecular flexibility index (Phi) is 2.63. The number of alkyl halides is 1. The molecule has 1 fully saturated rings. The second-order valence-electron chi connectivity index (χ2n) is 4.15. The van der Waals surface area contributed by atoms with Gasteiger partial charge in [-0.25, -0.2) is 0 Å². The number of rotatable bonds is 1. The van der Waals surface area contributed by atoms with Crippen molar-refractivity contribution in [3.05, 3.63) is 42.1 Å². The monoisotopic (exact) mass is 304 g/mol. The van der Waals surface area contributed by atoms with Gasteiger partial charge in [-0.15, -0.1) is 0 Å². The smallest absolute Gasteiger partial charge is 0.241 e. The Morgan fingerprint density at radius 3 is 2.67 bits per heavy atom. The van der Waals surface area contributed by atoms with Crippen molar-refractivity contribution in [3.63, 3.8) is 0 Å². The van der Waals surface area contributed by atoms with Crippen LogP contribution in [-0.2, 0) is 9.59 Å². The summed E-state index contributed by atoms with van der Waals surface area (Å²) in [6.45, 7) is 0. The van der Waals surface area contributed by atoms with E-state index in [-0.39, 0.29) is 11.8 Å². The molecule has 1 aliphatic heterocycles. The molecule has 18 heavy (non-hydrogen) atoms. The minimum absolute atomic E-state index is 0.266. The number of fused-ring (bicyclic) bond motifs is 1. The first-order valence-corrected chi connectivity index (χ1v) is 6.42. The fourth-order valence-corrected chi connectivity index (χ4v) is 2.89. The number of pyridine rings is 1. The lowest BCUT2D eigenvalue weighted by atomic mass is 9.93. The van der Waals surface area contributed by atoms with Gasteiger partial charge >= 0.3 is 0 Å². The van der Waals surface area contributed by atoms with E-state index in [1.807, 2.05) is 30.3 Å². The van der Waals surface area contributed by atoms with Gasteiger partial charge in [-0.1, -0.05) is 34.1 Å². The molecule has 5 heteroatoms. The summed E-state index contributed by atoms with van der Waals surface area (Å²) < 4.78 is 0. The largest absolute Gasteiger partial charge is 0.295 e. The fourth-order valence-electron chi connectivity index (χ4n) is 2.25. The predicted octanol–water partition coefficient (Wildman–Crippen LogP) is 1.74. The second-order valence-corrected chi connectivity index (χ2v) is 5.14. The van der Waals surface area contributed by atoms with Gasteiger partial charge in [0.2, 0.25) is 11.8 Å². The van der Waals surface area contributed by atoms with Crippen molar-refractivity contribution < 1.29 is 9.59 Å². The molecule has 1 aliphatic rings. The summed E-state index contributed by atoms with van der Waals surface area (Å²) in [7, 11) is 0. The van der Waals surface area contributed by atoms with Gasteiger partial charge in [0.25, 0.3) is 0 Å². The summed E-state index contributed by atoms with van der Waals surface area (Å²) in [5.74, 6) is -1.05. The van der Waals surface area contributed by atoms with Crippen LogP contribution >= 0.6 is 15.9 Å². The topological polar surface area (TPSA) is 59.1 Å². The third-order valence-corrected chi connectivity index (χ3v) is 4.03. The third kappa shape index (κ3) is 1.62. The van der Waals surface area contributed by atoms with Gasteiger partial charge in [-0.3, -0.25) is 19.9 Å². The Morgan fingerprint density at radius 2 is 1.94 bits per heavy atom. The van der Waals surface area contributed by atoms with E-state index in [4.69, 9.17) is 0 Å². The highest BCUT2D eigenvalue weighted by Gasteiger charge is 2.41. The first-order chi connectivity index (χ1) is 8.68. The number of aromatic nitrogens is 1. The number of hydrogen-bond acceptors (Lipinski definition) is 3. The van der Waals surface area contributed by atoms with Crippen molar-refractivity contribution in [1.82, 2.24) is 10.3 Å². The lowest BCUT2D eigenvalue weighted by molar-refractivity contribution is -0.125. The zero-order valence-corrected chi connectivity index (χ0v) is 10.8. The third-order valence-electron chi connectivity index (χ3n) is 3.09. The Hall–Kier alpha value is -1.75. The van der Waals surface area contributed by atoms with Gasteiger partial charge in [0, 0.05) is 11.6 Å². The lowest BCUT2D eigenvalue weighted by Gasteiger charge is -2.12. The molecular formula is C13H9BrN2O2. The van der Waals surface area contributed by atoms with E-state index in [1.165, 1.54) is 0 Å². The Labute approximate surface area is 112 Å². The molecule has 2 atom stereocenters. The van der Waals surface area contributed by atoms with E-state index in [0.717, 1.165) is 16.5 Å². The molecule has 1 N–H and O–H groups in total. The molecular weight excluding hydrogens is 296 g/mol. The highest BCUT2D eigenvalue weighted by atomic mass is 79.9. The molecule has 1 aromatic heterocycles. The van der Waals surface area contributed by atoms with E-state index < -0.39 is 10.7 Å². The fraction of sp³-hybridized carbons (Fsp3) is 0.154. The molecule has 90 valence electrons. The van der Waals surface area contributed by atoms with Crippen LogP contribution in [0.4, 0.5) is 0 Å². The highest BCUT2D eigenvalue weighted by molar-refractivity contribution is 9.10. The van der Waals surface area contributed by atoms with Gasteiger partial charge in [0.15, 0.2) is 0 Å². The van der Waals surface area contributed by atoms with Crippen LogP contribution in [0.15, 0.2) is 36.5 Å². The number of halogens is 1. The van der Waals surface area contributed by atoms with Crippen LogP contribution in [0.5, 0.6) is 0 Å². The number of imide groups is 1. The van der Waals surface area contributed by atoms with Crippen molar-refractivity contribution in [2.75, 3.05) is 0 Å². The molecule has 2 heterocycles. The SMILES string of the molecule is O=C1NC(=O)C(c2cccc3ncccc23)C1Br. The van der Waals surface area contributed by atoms with Crippen LogP contribution in [0.1, 0.15) is 11.5 Å². The number of benzene rings is 1. The molecule has 2 unspecified atom stereocenters. The predicted molar refractivity (Wildman–Crippen MR) is 70.3 cm³/mol. The Bertz CT molecular complexity index is 651. The molecule has 2 aromatic rings. The van der Waals surface area contributed by atoms with Gasteiger partial charge < -0.3 is 0 Å². The van der Waals surface area contributed by atoms with Crippen LogP contribution in [0, 0.1) is 0 Å². The standard InChI is InChI=1S/C13H9BrN2O2/c14-11-10(12(17)16-13(11)18)8-3-1-5-9-7(8)4-2-6-15-9/h1-6,10-11H,(H,16,17,18). The minimum Gasteiger partial charge on any atom is -0.295 e. The molecule has 2 amide bonds. The van der Waals surface area contributed by atoms with E-state index >= 15 is 0 Å². The molecule has 1 aromatic carbocycles. The summed E-state index contributed by atoms with van der Waals surface area (Å²) in [5, 5.41) is 3.24. The molecule has 0 spiro atoms. The molecule has 0 bridgehead atoms. The molecule has 3 rings (SSSR count). The Balaban J connectivity index is 2.20. The molecule has 4 nitrogen and oxygen atoms in total. The summed E-state index contributed by atoms with van der Waals surface area (Å²) in [5.41, 5.74) is 1.65. The van der Waals surface area contributed by atoms with Crippen molar-refractivity contribution >= 4 is 38.6 Å². The number of carbonyl (C=O) groups excluding carboxylic acids is 2. The maximum absolute atomic E-state index is 11.9. The van der Waals surface area contributed by atoms with Crippen molar-refractivity contribution in [2.45, 2.75) is 10.7 Å². The van der Waals surface area contributed by atoms with Gasteiger partial charge in [0.05, 0.1) is 11.4 Å². The summed E-state index contributed by atoms with van der Waals surface area (Å²) in [6, 6.07) is 9.33. The number of nitrogens with zero attached hydrogens (tertiary/aromatic N) is 1. The maximum atomic E-state index is 11.9. The van der Waals surface area contributed by atoms with E-state index in [9.17, 15) is 9.59 Å². The van der Waals surface area contributed by atoms with Crippen LogP contribution in [-0.4, -0.2) is 21.6 Å². The molecule has 0 aliphatic carbocycles. The number of nitrogens with one attached hydrogen (secondary N) is 1. The van der Waals surface area contributed by atoms with Crippen LogP contribution in [0.2, 0.25) is 0 Å². The zero-order chi connectivity index (χ0) is 12.7. The van der Waals surface area contributed by atoms with Gasteiger partial charge in [-0.2, -0.15) is 0 Å². The lowest BCUT2D eigenvalue weighted by Crippen LogP contribution is -2.22. The summed E-state index contributed by atoms with van der Waals surface area (Å²) in [6.07, 6.45) is 1.71. The average molecular weight is 305 g/mol. The average Bonchev–Trinajstić information content (AvgIpc) is 2.63. The maximum Gasteiger partial charge on any atom is 0.241 e.